The van der Waals surface area contributed by atoms with Crippen LogP contribution in [0, 0.1) is 19.8 Å². The molecule has 0 aliphatic heterocycles. The second-order valence-corrected chi connectivity index (χ2v) is 11.6. The lowest BCUT2D eigenvalue weighted by Crippen LogP contribution is -2.27. The van der Waals surface area contributed by atoms with E-state index in [2.05, 4.69) is 49.2 Å². The Kier molecular flexibility index (Phi) is 7.10. The fourth-order valence-corrected chi connectivity index (χ4v) is 5.66. The standard InChI is InChI=1S/C30H41N3O2/c1-18(2)27-25-16-23(22-10-8-21(17-31)9-11-22)12-13-26(25)33(29(34)35-30(5,6)7)28(27)24-14-19(3)32-20(4)15-24/h12-16,18,21-22H,8-11,17,31H2,1-7H3. The lowest BCUT2D eigenvalue weighted by atomic mass is 9.78. The maximum absolute atomic E-state index is 13.6. The number of nitrogens with two attached hydrogens (primary N) is 1. The molecule has 1 fully saturated rings. The number of nitrogens with zero attached hydrogens (tertiary/aromatic N) is 2. The van der Waals surface area contributed by atoms with Crippen molar-refractivity contribution in [2.45, 2.75) is 91.6 Å². The summed E-state index contributed by atoms with van der Waals surface area (Å²) in [6.45, 7) is 14.9. The van der Waals surface area contributed by atoms with E-state index in [0.717, 1.165) is 40.1 Å². The molecular weight excluding hydrogens is 434 g/mol. The summed E-state index contributed by atoms with van der Waals surface area (Å²) >= 11 is 0. The van der Waals surface area contributed by atoms with Crippen LogP contribution in [0.5, 0.6) is 0 Å². The number of aromatic nitrogens is 2. The van der Waals surface area contributed by atoms with Crippen LogP contribution in [0.15, 0.2) is 30.3 Å². The maximum atomic E-state index is 13.6. The molecular formula is C30H41N3O2. The van der Waals surface area contributed by atoms with Crippen molar-refractivity contribution < 1.29 is 9.53 Å². The van der Waals surface area contributed by atoms with Crippen molar-refractivity contribution >= 4 is 17.0 Å². The lowest BCUT2D eigenvalue weighted by Gasteiger charge is -2.28. The minimum atomic E-state index is -0.589. The molecule has 2 N–H and O–H groups in total. The summed E-state index contributed by atoms with van der Waals surface area (Å²) in [5.74, 6) is 1.42. The molecule has 0 unspecified atom stereocenters. The van der Waals surface area contributed by atoms with E-state index in [-0.39, 0.29) is 12.0 Å². The smallest absolute Gasteiger partial charge is 0.419 e. The van der Waals surface area contributed by atoms with Crippen LogP contribution in [0.1, 0.15) is 94.7 Å². The Balaban J connectivity index is 1.94. The molecule has 0 atom stereocenters. The molecule has 35 heavy (non-hydrogen) atoms. The second-order valence-electron chi connectivity index (χ2n) is 11.6. The highest BCUT2D eigenvalue weighted by molar-refractivity contribution is 6.00. The number of rotatable bonds is 4. The molecule has 4 rings (SSSR count). The van der Waals surface area contributed by atoms with Crippen molar-refractivity contribution in [3.05, 3.63) is 52.8 Å². The van der Waals surface area contributed by atoms with E-state index in [0.29, 0.717) is 11.8 Å². The van der Waals surface area contributed by atoms with Crippen LogP contribution < -0.4 is 5.73 Å². The molecule has 5 nitrogen and oxygen atoms in total. The number of ether oxygens (including phenoxy) is 1. The van der Waals surface area contributed by atoms with E-state index in [9.17, 15) is 4.79 Å². The van der Waals surface area contributed by atoms with Gasteiger partial charge in [0.05, 0.1) is 11.2 Å². The summed E-state index contributed by atoms with van der Waals surface area (Å²) in [5, 5.41) is 1.14. The molecule has 0 amide bonds. The van der Waals surface area contributed by atoms with Crippen LogP contribution >= 0.6 is 0 Å². The maximum Gasteiger partial charge on any atom is 0.419 e. The van der Waals surface area contributed by atoms with Gasteiger partial charge in [0.1, 0.15) is 5.60 Å². The zero-order chi connectivity index (χ0) is 25.5. The minimum Gasteiger partial charge on any atom is -0.443 e. The van der Waals surface area contributed by atoms with Gasteiger partial charge in [-0.15, -0.1) is 0 Å². The number of hydrogen-bond donors (Lipinski definition) is 1. The van der Waals surface area contributed by atoms with E-state index in [1.54, 1.807) is 4.57 Å². The normalized spacial score (nSPS) is 18.9. The van der Waals surface area contributed by atoms with Crippen molar-refractivity contribution in [2.75, 3.05) is 6.54 Å². The summed E-state index contributed by atoms with van der Waals surface area (Å²) in [6.07, 6.45) is 4.39. The van der Waals surface area contributed by atoms with Crippen LogP contribution in [-0.2, 0) is 4.74 Å². The first-order valence-corrected chi connectivity index (χ1v) is 13.1. The number of hydrogen-bond acceptors (Lipinski definition) is 4. The van der Waals surface area contributed by atoms with Crippen LogP contribution in [0.2, 0.25) is 0 Å². The molecule has 0 bridgehead atoms. The van der Waals surface area contributed by atoms with Gasteiger partial charge in [-0.1, -0.05) is 19.9 Å². The lowest BCUT2D eigenvalue weighted by molar-refractivity contribution is 0.0547. The van der Waals surface area contributed by atoms with E-state index < -0.39 is 5.60 Å². The molecule has 3 aromatic rings. The summed E-state index contributed by atoms with van der Waals surface area (Å²) in [6, 6.07) is 10.8. The number of carbonyl (C=O) groups is 1. The number of aryl methyl sites for hydroxylation is 2. The molecule has 1 aliphatic carbocycles. The Hall–Kier alpha value is -2.66. The largest absolute Gasteiger partial charge is 0.443 e. The van der Waals surface area contributed by atoms with Gasteiger partial charge in [0.15, 0.2) is 0 Å². The highest BCUT2D eigenvalue weighted by atomic mass is 16.6. The van der Waals surface area contributed by atoms with E-state index in [1.165, 1.54) is 36.8 Å². The fourth-order valence-electron chi connectivity index (χ4n) is 5.66. The third-order valence-corrected chi connectivity index (χ3v) is 7.19. The minimum absolute atomic E-state index is 0.230. The van der Waals surface area contributed by atoms with Gasteiger partial charge in [0, 0.05) is 22.3 Å². The third kappa shape index (κ3) is 5.30. The first kappa shape index (κ1) is 25.4. The fraction of sp³-hybridized carbons (Fsp3) is 0.533. The molecule has 2 aromatic heterocycles. The summed E-state index contributed by atoms with van der Waals surface area (Å²) < 4.78 is 7.71. The number of pyridine rings is 1. The molecule has 1 aromatic carbocycles. The van der Waals surface area contributed by atoms with Crippen LogP contribution in [-0.4, -0.2) is 27.8 Å². The SMILES string of the molecule is Cc1cc(-c2c(C(C)C)c3cc(C4CCC(CN)CC4)ccc3n2C(=O)OC(C)(C)C)cc(C)n1. The highest BCUT2D eigenvalue weighted by Gasteiger charge is 2.29. The van der Waals surface area contributed by atoms with Gasteiger partial charge in [-0.25, -0.2) is 9.36 Å². The molecule has 0 spiro atoms. The Morgan fingerprint density at radius 2 is 1.71 bits per heavy atom. The van der Waals surface area contributed by atoms with E-state index in [4.69, 9.17) is 10.5 Å². The summed E-state index contributed by atoms with van der Waals surface area (Å²) in [5.41, 5.74) is 12.6. The highest BCUT2D eigenvalue weighted by Crippen LogP contribution is 2.42. The Morgan fingerprint density at radius 3 is 2.26 bits per heavy atom. The Labute approximate surface area is 210 Å². The number of carbonyl (C=O) groups excluding carboxylic acids is 1. The first-order chi connectivity index (χ1) is 16.5. The zero-order valence-electron chi connectivity index (χ0n) is 22.4. The van der Waals surface area contributed by atoms with Crippen molar-refractivity contribution in [3.8, 4) is 11.3 Å². The quantitative estimate of drug-likeness (QED) is 0.425. The van der Waals surface area contributed by atoms with Crippen LogP contribution in [0.3, 0.4) is 0 Å². The molecule has 1 saturated carbocycles. The van der Waals surface area contributed by atoms with Crippen molar-refractivity contribution in [3.63, 3.8) is 0 Å². The summed E-state index contributed by atoms with van der Waals surface area (Å²) in [7, 11) is 0. The molecule has 5 heteroatoms. The molecule has 0 saturated heterocycles. The average Bonchev–Trinajstić information content (AvgIpc) is 3.12. The monoisotopic (exact) mass is 475 g/mol. The van der Waals surface area contributed by atoms with Crippen LogP contribution in [0.25, 0.3) is 22.2 Å². The topological polar surface area (TPSA) is 70.1 Å². The predicted molar refractivity (Wildman–Crippen MR) is 144 cm³/mol. The molecule has 1 aliphatic rings. The number of fused-ring (bicyclic) bond motifs is 1. The van der Waals surface area contributed by atoms with E-state index >= 15 is 0 Å². The molecule has 0 radical (unpaired) electrons. The summed E-state index contributed by atoms with van der Waals surface area (Å²) in [4.78, 5) is 18.2. The van der Waals surface area contributed by atoms with Crippen molar-refractivity contribution in [1.29, 1.82) is 0 Å². The van der Waals surface area contributed by atoms with Gasteiger partial charge in [-0.05, 0) is 120 Å². The first-order valence-electron chi connectivity index (χ1n) is 13.1. The third-order valence-electron chi connectivity index (χ3n) is 7.19. The van der Waals surface area contributed by atoms with Gasteiger partial charge in [0.25, 0.3) is 0 Å². The average molecular weight is 476 g/mol. The van der Waals surface area contributed by atoms with Gasteiger partial charge in [-0.3, -0.25) is 4.98 Å². The van der Waals surface area contributed by atoms with Gasteiger partial charge < -0.3 is 10.5 Å². The van der Waals surface area contributed by atoms with E-state index in [1.807, 2.05) is 34.6 Å². The Morgan fingerprint density at radius 1 is 1.09 bits per heavy atom. The van der Waals surface area contributed by atoms with Crippen LogP contribution in [0.4, 0.5) is 4.79 Å². The number of benzene rings is 1. The molecule has 188 valence electrons. The van der Waals surface area contributed by atoms with Crippen molar-refractivity contribution in [2.24, 2.45) is 11.7 Å². The molecule has 2 heterocycles. The van der Waals surface area contributed by atoms with Gasteiger partial charge in [0.2, 0.25) is 0 Å². The van der Waals surface area contributed by atoms with Crippen molar-refractivity contribution in [1.82, 2.24) is 9.55 Å². The van der Waals surface area contributed by atoms with Gasteiger partial charge in [-0.2, -0.15) is 0 Å². The zero-order valence-corrected chi connectivity index (χ0v) is 22.4. The predicted octanol–water partition coefficient (Wildman–Crippen LogP) is 7.46. The van der Waals surface area contributed by atoms with Gasteiger partial charge >= 0.3 is 6.09 Å². The second kappa shape index (κ2) is 9.77. The Bertz CT molecular complexity index is 1200.